The fourth-order valence-electron chi connectivity index (χ4n) is 4.62. The number of fused-ring (bicyclic) bond motifs is 8. The van der Waals surface area contributed by atoms with Crippen molar-refractivity contribution in [3.8, 4) is 5.75 Å². The number of benzene rings is 3. The highest BCUT2D eigenvalue weighted by atomic mass is 16.5. The average Bonchev–Trinajstić information content (AvgIpc) is 3.00. The molecule has 0 aliphatic heterocycles. The van der Waals surface area contributed by atoms with Gasteiger partial charge in [0.2, 0.25) is 0 Å². The van der Waals surface area contributed by atoms with Gasteiger partial charge in [0.05, 0.1) is 14.2 Å². The quantitative estimate of drug-likeness (QED) is 0.281. The summed E-state index contributed by atoms with van der Waals surface area (Å²) in [4.78, 5) is 0. The maximum absolute atomic E-state index is 5.81. The minimum absolute atomic E-state index is 0.0535. The number of ether oxygens (including phenoxy) is 1. The SMILES string of the molecule is COc1cccc2c3ccccc3n3c4cccc(C(C)(C)C)c4[n+](C)c3c12. The van der Waals surface area contributed by atoms with Gasteiger partial charge in [-0.15, -0.1) is 0 Å². The number of hydrogen-bond acceptors (Lipinski definition) is 1. The Kier molecular flexibility index (Phi) is 3.48. The maximum atomic E-state index is 5.81. The van der Waals surface area contributed by atoms with Crippen LogP contribution in [0, 0.1) is 0 Å². The van der Waals surface area contributed by atoms with Crippen molar-refractivity contribution < 1.29 is 9.30 Å². The molecule has 0 aliphatic carbocycles. The van der Waals surface area contributed by atoms with Crippen molar-refractivity contribution in [1.82, 2.24) is 4.40 Å². The van der Waals surface area contributed by atoms with Gasteiger partial charge in [0, 0.05) is 16.3 Å². The predicted molar refractivity (Wildman–Crippen MR) is 116 cm³/mol. The second kappa shape index (κ2) is 5.71. The zero-order valence-electron chi connectivity index (χ0n) is 17.1. The minimum atomic E-state index is 0.0535. The van der Waals surface area contributed by atoms with E-state index in [4.69, 9.17) is 4.74 Å². The molecule has 0 radical (unpaired) electrons. The Morgan fingerprint density at radius 2 is 1.50 bits per heavy atom. The molecule has 0 unspecified atom stereocenters. The lowest BCUT2D eigenvalue weighted by Gasteiger charge is -2.18. The van der Waals surface area contributed by atoms with Crippen LogP contribution in [0.4, 0.5) is 0 Å². The molecular weight excluding hydrogens is 344 g/mol. The Labute approximate surface area is 164 Å². The van der Waals surface area contributed by atoms with E-state index in [-0.39, 0.29) is 5.41 Å². The van der Waals surface area contributed by atoms with Crippen LogP contribution >= 0.6 is 0 Å². The molecule has 2 aromatic heterocycles. The first-order valence-electron chi connectivity index (χ1n) is 9.74. The fraction of sp³-hybridized carbons (Fsp3) is 0.240. The van der Waals surface area contributed by atoms with Gasteiger partial charge in [0.15, 0.2) is 11.0 Å². The molecule has 0 saturated heterocycles. The molecule has 0 bridgehead atoms. The van der Waals surface area contributed by atoms with Gasteiger partial charge in [-0.05, 0) is 23.6 Å². The molecule has 5 aromatic rings. The maximum Gasteiger partial charge on any atom is 0.299 e. The van der Waals surface area contributed by atoms with Gasteiger partial charge in [-0.3, -0.25) is 0 Å². The Bertz CT molecular complexity index is 1390. The van der Waals surface area contributed by atoms with E-state index in [0.717, 1.165) is 16.8 Å². The van der Waals surface area contributed by atoms with Gasteiger partial charge in [-0.1, -0.05) is 63.2 Å². The van der Waals surface area contributed by atoms with Crippen molar-refractivity contribution in [2.75, 3.05) is 7.11 Å². The zero-order chi connectivity index (χ0) is 19.6. The average molecular weight is 369 g/mol. The molecule has 0 atom stereocenters. The largest absolute Gasteiger partial charge is 0.496 e. The number of aryl methyl sites for hydroxylation is 1. The van der Waals surface area contributed by atoms with Gasteiger partial charge in [-0.2, -0.15) is 4.40 Å². The number of aromatic nitrogens is 2. The molecule has 0 aliphatic rings. The number of hydrogen-bond donors (Lipinski definition) is 0. The fourth-order valence-corrected chi connectivity index (χ4v) is 4.62. The third-order valence-corrected chi connectivity index (χ3v) is 5.83. The van der Waals surface area contributed by atoms with Crippen molar-refractivity contribution in [1.29, 1.82) is 0 Å². The van der Waals surface area contributed by atoms with Crippen LogP contribution in [0.2, 0.25) is 0 Å². The standard InChI is InChI=1S/C25H25N2O/c1-25(2,3)18-12-9-14-20-23(18)26(4)24-22-17(11-8-15-21(22)28-5)16-10-6-7-13-19(16)27(20)24/h6-15H,1-5H3/q+1. The summed E-state index contributed by atoms with van der Waals surface area (Å²) < 4.78 is 10.5. The van der Waals surface area contributed by atoms with Gasteiger partial charge >= 0.3 is 0 Å². The molecule has 3 aromatic carbocycles. The van der Waals surface area contributed by atoms with Crippen molar-refractivity contribution >= 4 is 38.4 Å². The third kappa shape index (κ3) is 2.13. The van der Waals surface area contributed by atoms with E-state index in [0.29, 0.717) is 0 Å². The van der Waals surface area contributed by atoms with Gasteiger partial charge < -0.3 is 4.74 Å². The first-order valence-corrected chi connectivity index (χ1v) is 9.74. The van der Waals surface area contributed by atoms with Crippen molar-refractivity contribution in [2.24, 2.45) is 7.05 Å². The van der Waals surface area contributed by atoms with E-state index in [1.165, 1.54) is 32.9 Å². The number of para-hydroxylation sites is 2. The summed E-state index contributed by atoms with van der Waals surface area (Å²) in [5, 5.41) is 3.61. The third-order valence-electron chi connectivity index (χ3n) is 5.83. The van der Waals surface area contributed by atoms with E-state index >= 15 is 0 Å². The molecule has 0 saturated carbocycles. The second-order valence-electron chi connectivity index (χ2n) is 8.54. The van der Waals surface area contributed by atoms with E-state index in [1.54, 1.807) is 7.11 Å². The summed E-state index contributed by atoms with van der Waals surface area (Å²) in [6.45, 7) is 6.84. The molecule has 0 amide bonds. The Balaban J connectivity index is 2.20. The number of rotatable bonds is 1. The van der Waals surface area contributed by atoms with Crippen molar-refractivity contribution in [3.05, 3.63) is 66.2 Å². The Morgan fingerprint density at radius 3 is 2.25 bits per heavy atom. The first-order chi connectivity index (χ1) is 13.4. The van der Waals surface area contributed by atoms with Gasteiger partial charge in [0.25, 0.3) is 5.65 Å². The Hall–Kier alpha value is -3.07. The predicted octanol–water partition coefficient (Wildman–Crippen LogP) is 5.53. The summed E-state index contributed by atoms with van der Waals surface area (Å²) >= 11 is 0. The van der Waals surface area contributed by atoms with Crippen molar-refractivity contribution in [2.45, 2.75) is 26.2 Å². The van der Waals surface area contributed by atoms with Crippen LogP contribution in [0.3, 0.4) is 0 Å². The molecule has 28 heavy (non-hydrogen) atoms. The summed E-state index contributed by atoms with van der Waals surface area (Å²) in [7, 11) is 3.93. The molecule has 2 heterocycles. The lowest BCUT2D eigenvalue weighted by Crippen LogP contribution is -2.30. The summed E-state index contributed by atoms with van der Waals surface area (Å²) in [5.74, 6) is 0.906. The zero-order valence-corrected chi connectivity index (χ0v) is 17.1. The van der Waals surface area contributed by atoms with Crippen LogP contribution in [0.25, 0.3) is 38.4 Å². The van der Waals surface area contributed by atoms with Crippen molar-refractivity contribution in [3.63, 3.8) is 0 Å². The molecule has 0 N–H and O–H groups in total. The summed E-state index contributed by atoms with van der Waals surface area (Å²) in [6.07, 6.45) is 0. The van der Waals surface area contributed by atoms with Crippen LogP contribution in [0.15, 0.2) is 60.7 Å². The topological polar surface area (TPSA) is 17.5 Å². The van der Waals surface area contributed by atoms with Crippen LogP contribution < -0.4 is 9.30 Å². The van der Waals surface area contributed by atoms with Crippen LogP contribution in [0.1, 0.15) is 26.3 Å². The molecular formula is C25H25N2O+. The summed E-state index contributed by atoms with van der Waals surface area (Å²) in [6, 6.07) is 21.6. The minimum Gasteiger partial charge on any atom is -0.496 e. The normalized spacial score (nSPS) is 12.5. The van der Waals surface area contributed by atoms with E-state index in [1.807, 2.05) is 0 Å². The second-order valence-corrected chi connectivity index (χ2v) is 8.54. The number of imidazole rings is 1. The van der Waals surface area contributed by atoms with Crippen LogP contribution in [-0.4, -0.2) is 11.5 Å². The highest BCUT2D eigenvalue weighted by Crippen LogP contribution is 2.37. The van der Waals surface area contributed by atoms with Crippen LogP contribution in [0.5, 0.6) is 5.75 Å². The first kappa shape index (κ1) is 17.1. The molecule has 3 heteroatoms. The summed E-state index contributed by atoms with van der Waals surface area (Å²) in [5.41, 5.74) is 6.29. The molecule has 3 nitrogen and oxygen atoms in total. The lowest BCUT2D eigenvalue weighted by molar-refractivity contribution is -0.617. The lowest BCUT2D eigenvalue weighted by atomic mass is 9.86. The molecule has 0 fully saturated rings. The highest BCUT2D eigenvalue weighted by Gasteiger charge is 2.29. The Morgan fingerprint density at radius 1 is 0.821 bits per heavy atom. The molecule has 0 spiro atoms. The van der Waals surface area contributed by atoms with Gasteiger partial charge in [0.1, 0.15) is 16.7 Å². The molecule has 5 rings (SSSR count). The van der Waals surface area contributed by atoms with Gasteiger partial charge in [-0.25, -0.2) is 4.57 Å². The number of nitrogens with zero attached hydrogens (tertiary/aromatic N) is 2. The van der Waals surface area contributed by atoms with E-state index in [9.17, 15) is 0 Å². The van der Waals surface area contributed by atoms with E-state index in [2.05, 4.69) is 97.5 Å². The monoisotopic (exact) mass is 369 g/mol. The van der Waals surface area contributed by atoms with Crippen LogP contribution in [-0.2, 0) is 12.5 Å². The number of pyridine rings is 1. The molecule has 140 valence electrons. The highest BCUT2D eigenvalue weighted by molar-refractivity contribution is 6.14. The smallest absolute Gasteiger partial charge is 0.299 e. The van der Waals surface area contributed by atoms with E-state index < -0.39 is 0 Å². The number of methoxy groups -OCH3 is 1.